The first-order valence-corrected chi connectivity index (χ1v) is 8.97. The normalized spacial score (nSPS) is 12.0. The molecule has 4 nitrogen and oxygen atoms in total. The van der Waals surface area contributed by atoms with Gasteiger partial charge in [0.25, 0.3) is 5.91 Å². The smallest absolute Gasteiger partial charge is 0.275 e. The average molecular weight is 362 g/mol. The molecule has 2 aromatic rings. The molecule has 5 heteroatoms. The van der Waals surface area contributed by atoms with E-state index in [2.05, 4.69) is 36.6 Å². The van der Waals surface area contributed by atoms with Crippen molar-refractivity contribution in [2.45, 2.75) is 19.9 Å². The minimum atomic E-state index is 0.0151. The van der Waals surface area contributed by atoms with Crippen molar-refractivity contribution in [3.05, 3.63) is 65.2 Å². The Morgan fingerprint density at radius 3 is 2.44 bits per heavy atom. The standard InChI is InChI=1S/C20H25ClN2O2/c1-15(2)20(16-6-4-3-5-7-16)23-14-19(24)22-12-13-25-18-10-8-17(21)9-11-18/h3-11,15,20,23H,12-14H2,1-2H3,(H,22,24)/p+1/t20-/m0/s1. The molecular weight excluding hydrogens is 336 g/mol. The van der Waals surface area contributed by atoms with E-state index in [0.717, 1.165) is 5.75 Å². The number of amides is 1. The molecule has 0 aliphatic rings. The number of ether oxygens (including phenoxy) is 1. The molecule has 0 saturated heterocycles. The molecule has 0 heterocycles. The van der Waals surface area contributed by atoms with Crippen molar-refractivity contribution in [2.75, 3.05) is 19.7 Å². The summed E-state index contributed by atoms with van der Waals surface area (Å²) in [6.45, 7) is 5.66. The van der Waals surface area contributed by atoms with Gasteiger partial charge in [-0.05, 0) is 24.3 Å². The van der Waals surface area contributed by atoms with Crippen molar-refractivity contribution in [3.8, 4) is 5.75 Å². The van der Waals surface area contributed by atoms with Gasteiger partial charge in [0.1, 0.15) is 18.4 Å². The van der Waals surface area contributed by atoms with E-state index >= 15 is 0 Å². The zero-order chi connectivity index (χ0) is 18.1. The number of halogens is 1. The minimum Gasteiger partial charge on any atom is -0.492 e. The Labute approximate surface area is 154 Å². The lowest BCUT2D eigenvalue weighted by Crippen LogP contribution is -2.88. The fraction of sp³-hybridized carbons (Fsp3) is 0.350. The first kappa shape index (κ1) is 19.3. The molecule has 134 valence electrons. The predicted molar refractivity (Wildman–Crippen MR) is 101 cm³/mol. The van der Waals surface area contributed by atoms with E-state index in [9.17, 15) is 4.79 Å². The number of hydrogen-bond donors (Lipinski definition) is 2. The largest absolute Gasteiger partial charge is 0.492 e. The lowest BCUT2D eigenvalue weighted by molar-refractivity contribution is -0.692. The van der Waals surface area contributed by atoms with E-state index in [1.165, 1.54) is 5.56 Å². The molecule has 0 aliphatic carbocycles. The first-order chi connectivity index (χ1) is 12.1. The molecule has 0 radical (unpaired) electrons. The highest BCUT2D eigenvalue weighted by atomic mass is 35.5. The van der Waals surface area contributed by atoms with Crippen LogP contribution in [0.3, 0.4) is 0 Å². The second-order valence-electron chi connectivity index (χ2n) is 6.27. The van der Waals surface area contributed by atoms with Gasteiger partial charge in [0.15, 0.2) is 6.54 Å². The third-order valence-electron chi connectivity index (χ3n) is 3.97. The molecule has 3 N–H and O–H groups in total. The number of benzene rings is 2. The molecule has 0 unspecified atom stereocenters. The van der Waals surface area contributed by atoms with Crippen LogP contribution in [0.2, 0.25) is 5.02 Å². The van der Waals surface area contributed by atoms with Gasteiger partial charge in [0.2, 0.25) is 0 Å². The van der Waals surface area contributed by atoms with Crippen LogP contribution in [-0.2, 0) is 4.79 Å². The molecule has 25 heavy (non-hydrogen) atoms. The van der Waals surface area contributed by atoms with Crippen LogP contribution in [0, 0.1) is 5.92 Å². The van der Waals surface area contributed by atoms with E-state index in [0.29, 0.717) is 30.6 Å². The molecular formula is C20H26ClN2O2+. The Bertz CT molecular complexity index is 645. The zero-order valence-corrected chi connectivity index (χ0v) is 15.5. The fourth-order valence-corrected chi connectivity index (χ4v) is 2.79. The maximum Gasteiger partial charge on any atom is 0.275 e. The van der Waals surface area contributed by atoms with Crippen LogP contribution in [-0.4, -0.2) is 25.6 Å². The van der Waals surface area contributed by atoms with Crippen molar-refractivity contribution >= 4 is 17.5 Å². The fourth-order valence-electron chi connectivity index (χ4n) is 2.66. The van der Waals surface area contributed by atoms with Gasteiger partial charge in [-0.3, -0.25) is 4.79 Å². The summed E-state index contributed by atoms with van der Waals surface area (Å²) in [5, 5.41) is 5.66. The number of quaternary nitrogens is 1. The highest BCUT2D eigenvalue weighted by Gasteiger charge is 2.19. The van der Waals surface area contributed by atoms with Crippen molar-refractivity contribution < 1.29 is 14.8 Å². The molecule has 2 rings (SSSR count). The monoisotopic (exact) mass is 361 g/mol. The second kappa shape index (κ2) is 10.1. The molecule has 1 amide bonds. The van der Waals surface area contributed by atoms with Crippen molar-refractivity contribution in [1.29, 1.82) is 0 Å². The predicted octanol–water partition coefficient (Wildman–Crippen LogP) is 2.80. The Kier molecular flexibility index (Phi) is 7.76. The van der Waals surface area contributed by atoms with Crippen LogP contribution < -0.4 is 15.4 Å². The quantitative estimate of drug-likeness (QED) is 0.675. The summed E-state index contributed by atoms with van der Waals surface area (Å²) in [4.78, 5) is 12.0. The van der Waals surface area contributed by atoms with E-state index in [1.54, 1.807) is 12.1 Å². The number of carbonyl (C=O) groups excluding carboxylic acids is 1. The van der Waals surface area contributed by atoms with Gasteiger partial charge in [0.05, 0.1) is 6.54 Å². The Morgan fingerprint density at radius 2 is 1.80 bits per heavy atom. The average Bonchev–Trinajstić information content (AvgIpc) is 2.61. The lowest BCUT2D eigenvalue weighted by atomic mass is 9.96. The molecule has 2 aromatic carbocycles. The Balaban J connectivity index is 1.69. The third kappa shape index (κ3) is 6.77. The maximum atomic E-state index is 12.0. The van der Waals surface area contributed by atoms with Gasteiger partial charge < -0.3 is 15.4 Å². The van der Waals surface area contributed by atoms with Crippen molar-refractivity contribution in [1.82, 2.24) is 5.32 Å². The minimum absolute atomic E-state index is 0.0151. The van der Waals surface area contributed by atoms with Crippen molar-refractivity contribution in [3.63, 3.8) is 0 Å². The van der Waals surface area contributed by atoms with Gasteiger partial charge in [-0.25, -0.2) is 0 Å². The van der Waals surface area contributed by atoms with Crippen molar-refractivity contribution in [2.24, 2.45) is 5.92 Å². The highest BCUT2D eigenvalue weighted by Crippen LogP contribution is 2.17. The summed E-state index contributed by atoms with van der Waals surface area (Å²) in [6.07, 6.45) is 0. The molecule has 0 aromatic heterocycles. The van der Waals surface area contributed by atoms with Gasteiger partial charge in [-0.2, -0.15) is 0 Å². The molecule has 0 aliphatic heterocycles. The second-order valence-corrected chi connectivity index (χ2v) is 6.71. The number of nitrogens with two attached hydrogens (primary N) is 1. The van der Waals surface area contributed by atoms with Gasteiger partial charge >= 0.3 is 0 Å². The molecule has 0 saturated carbocycles. The summed E-state index contributed by atoms with van der Waals surface area (Å²) >= 11 is 5.83. The van der Waals surface area contributed by atoms with Crippen LogP contribution >= 0.6 is 11.6 Å². The van der Waals surface area contributed by atoms with Gasteiger partial charge in [-0.1, -0.05) is 55.8 Å². The Morgan fingerprint density at radius 1 is 1.12 bits per heavy atom. The SMILES string of the molecule is CC(C)[C@H]([NH2+]CC(=O)NCCOc1ccc(Cl)cc1)c1ccccc1. The van der Waals surface area contributed by atoms with Crippen LogP contribution in [0.1, 0.15) is 25.5 Å². The van der Waals surface area contributed by atoms with Gasteiger partial charge in [0, 0.05) is 16.5 Å². The number of hydrogen-bond acceptors (Lipinski definition) is 2. The lowest BCUT2D eigenvalue weighted by Gasteiger charge is -2.19. The molecule has 0 fully saturated rings. The summed E-state index contributed by atoms with van der Waals surface area (Å²) in [7, 11) is 0. The van der Waals surface area contributed by atoms with E-state index in [1.807, 2.05) is 30.3 Å². The Hall–Kier alpha value is -2.04. The van der Waals surface area contributed by atoms with Crippen LogP contribution in [0.15, 0.2) is 54.6 Å². The molecule has 0 spiro atoms. The topological polar surface area (TPSA) is 54.9 Å². The van der Waals surface area contributed by atoms with Gasteiger partial charge in [-0.15, -0.1) is 0 Å². The summed E-state index contributed by atoms with van der Waals surface area (Å²) < 4.78 is 5.56. The number of carbonyl (C=O) groups is 1. The molecule has 0 bridgehead atoms. The van der Waals surface area contributed by atoms with Crippen LogP contribution in [0.4, 0.5) is 0 Å². The van der Waals surface area contributed by atoms with E-state index < -0.39 is 0 Å². The number of nitrogens with one attached hydrogen (secondary N) is 1. The number of rotatable bonds is 9. The first-order valence-electron chi connectivity index (χ1n) is 8.59. The van der Waals surface area contributed by atoms with E-state index in [-0.39, 0.29) is 11.9 Å². The summed E-state index contributed by atoms with van der Waals surface area (Å²) in [5.41, 5.74) is 1.25. The highest BCUT2D eigenvalue weighted by molar-refractivity contribution is 6.30. The van der Waals surface area contributed by atoms with Crippen LogP contribution in [0.25, 0.3) is 0 Å². The zero-order valence-electron chi connectivity index (χ0n) is 14.7. The third-order valence-corrected chi connectivity index (χ3v) is 4.22. The van der Waals surface area contributed by atoms with E-state index in [4.69, 9.17) is 16.3 Å². The summed E-state index contributed by atoms with van der Waals surface area (Å²) in [6, 6.07) is 17.7. The maximum absolute atomic E-state index is 12.0. The van der Waals surface area contributed by atoms with Crippen LogP contribution in [0.5, 0.6) is 5.75 Å². The summed E-state index contributed by atoms with van der Waals surface area (Å²) in [5.74, 6) is 1.21. The molecule has 1 atom stereocenters.